The van der Waals surface area contributed by atoms with Gasteiger partial charge in [0, 0.05) is 43.4 Å². The largest absolute Gasteiger partial charge is 0.494 e. The first-order chi connectivity index (χ1) is 12.4. The Labute approximate surface area is 156 Å². The molecule has 7 nitrogen and oxygen atoms in total. The molecular weight excluding hydrogens is 354 g/mol. The minimum Gasteiger partial charge on any atom is -0.494 e. The highest BCUT2D eigenvalue weighted by Crippen LogP contribution is 2.35. The van der Waals surface area contributed by atoms with Gasteiger partial charge in [-0.05, 0) is 26.0 Å². The molecule has 0 spiro atoms. The Bertz CT molecular complexity index is 747. The highest BCUT2D eigenvalue weighted by molar-refractivity contribution is 7.91. The lowest BCUT2D eigenvalue weighted by Gasteiger charge is -2.15. The first-order valence-electron chi connectivity index (χ1n) is 8.98. The molecule has 8 heteroatoms. The fraction of sp³-hybridized carbons (Fsp3) is 0.611. The molecule has 2 N–H and O–H groups in total. The van der Waals surface area contributed by atoms with Gasteiger partial charge in [0.05, 0.1) is 12.4 Å². The molecule has 1 heterocycles. The summed E-state index contributed by atoms with van der Waals surface area (Å²) in [5.41, 5.74) is 2.14. The van der Waals surface area contributed by atoms with Crippen LogP contribution in [0.3, 0.4) is 0 Å². The first kappa shape index (κ1) is 20.4. The van der Waals surface area contributed by atoms with E-state index in [1.807, 2.05) is 26.0 Å². The van der Waals surface area contributed by atoms with Crippen LogP contribution in [0.15, 0.2) is 17.1 Å². The summed E-state index contributed by atoms with van der Waals surface area (Å²) >= 11 is 0. The van der Waals surface area contributed by atoms with E-state index < -0.39 is 9.84 Å². The van der Waals surface area contributed by atoms with Crippen LogP contribution in [0.4, 0.5) is 0 Å². The standard InChI is InChI=1S/C18H29N3O4S/c1-5-24-16-10-14-9-13(3)25-17(14)11-15(16)12-21-18(19-4)20-7-8-26(22,23)6-2/h10-11,13H,5-9,12H2,1-4H3,(H2,19,20,21). The van der Waals surface area contributed by atoms with Gasteiger partial charge in [0.2, 0.25) is 0 Å². The zero-order valence-corrected chi connectivity index (χ0v) is 16.8. The number of hydrogen-bond acceptors (Lipinski definition) is 5. The quantitative estimate of drug-likeness (QED) is 0.522. The Morgan fingerprint density at radius 1 is 1.35 bits per heavy atom. The third kappa shape index (κ3) is 5.52. The Kier molecular flexibility index (Phi) is 7.14. The van der Waals surface area contributed by atoms with E-state index in [1.165, 1.54) is 0 Å². The summed E-state index contributed by atoms with van der Waals surface area (Å²) in [7, 11) is -1.35. The molecule has 146 valence electrons. The molecule has 0 bridgehead atoms. The van der Waals surface area contributed by atoms with Gasteiger partial charge in [-0.2, -0.15) is 0 Å². The first-order valence-corrected chi connectivity index (χ1v) is 10.8. The SMILES string of the molecule is CCOc1cc2c(cc1CNC(=NC)NCCS(=O)(=O)CC)OC(C)C2. The number of benzene rings is 1. The zero-order valence-electron chi connectivity index (χ0n) is 16.0. The molecule has 0 aromatic heterocycles. The van der Waals surface area contributed by atoms with E-state index >= 15 is 0 Å². The van der Waals surface area contributed by atoms with Gasteiger partial charge in [0.15, 0.2) is 15.8 Å². The second-order valence-corrected chi connectivity index (χ2v) is 8.69. The van der Waals surface area contributed by atoms with Crippen molar-refractivity contribution in [1.29, 1.82) is 0 Å². The van der Waals surface area contributed by atoms with E-state index in [-0.39, 0.29) is 17.6 Å². The van der Waals surface area contributed by atoms with Crippen LogP contribution in [0.5, 0.6) is 11.5 Å². The Balaban J connectivity index is 2.00. The highest BCUT2D eigenvalue weighted by Gasteiger charge is 2.22. The summed E-state index contributed by atoms with van der Waals surface area (Å²) in [5.74, 6) is 2.51. The molecule has 1 aliphatic rings. The average molecular weight is 384 g/mol. The molecule has 0 radical (unpaired) electrons. The number of hydrogen-bond donors (Lipinski definition) is 2. The molecule has 2 rings (SSSR count). The number of guanidine groups is 1. The molecule has 1 aromatic carbocycles. The number of rotatable bonds is 8. The van der Waals surface area contributed by atoms with Gasteiger partial charge in [-0.3, -0.25) is 4.99 Å². The summed E-state index contributed by atoms with van der Waals surface area (Å²) < 4.78 is 34.7. The van der Waals surface area contributed by atoms with Crippen molar-refractivity contribution >= 4 is 15.8 Å². The van der Waals surface area contributed by atoms with Crippen LogP contribution in [0.25, 0.3) is 0 Å². The number of aliphatic imine (C=N–C) groups is 1. The van der Waals surface area contributed by atoms with Crippen molar-refractivity contribution in [1.82, 2.24) is 10.6 Å². The van der Waals surface area contributed by atoms with Crippen LogP contribution < -0.4 is 20.1 Å². The second-order valence-electron chi connectivity index (χ2n) is 6.22. The van der Waals surface area contributed by atoms with Crippen LogP contribution >= 0.6 is 0 Å². The van der Waals surface area contributed by atoms with Crippen LogP contribution in [-0.4, -0.2) is 52.2 Å². The maximum atomic E-state index is 11.6. The van der Waals surface area contributed by atoms with Crippen molar-refractivity contribution in [2.45, 2.75) is 39.8 Å². The van der Waals surface area contributed by atoms with Crippen LogP contribution in [0.1, 0.15) is 31.9 Å². The second kappa shape index (κ2) is 9.12. The van der Waals surface area contributed by atoms with Crippen molar-refractivity contribution in [2.75, 3.05) is 31.7 Å². The predicted octanol–water partition coefficient (Wildman–Crippen LogP) is 1.51. The van der Waals surface area contributed by atoms with Gasteiger partial charge in [0.25, 0.3) is 0 Å². The molecule has 1 aliphatic heterocycles. The normalized spacial score (nSPS) is 16.8. The molecule has 1 aromatic rings. The van der Waals surface area contributed by atoms with E-state index in [2.05, 4.69) is 15.6 Å². The van der Waals surface area contributed by atoms with E-state index in [0.717, 1.165) is 29.0 Å². The lowest BCUT2D eigenvalue weighted by atomic mass is 10.1. The van der Waals surface area contributed by atoms with Gasteiger partial charge in [-0.1, -0.05) is 6.92 Å². The molecule has 26 heavy (non-hydrogen) atoms. The minimum absolute atomic E-state index is 0.0823. The molecule has 1 unspecified atom stereocenters. The third-order valence-corrected chi connectivity index (χ3v) is 5.90. The summed E-state index contributed by atoms with van der Waals surface area (Å²) in [5, 5.41) is 6.23. The molecule has 0 fully saturated rings. The Morgan fingerprint density at radius 2 is 2.12 bits per heavy atom. The van der Waals surface area contributed by atoms with Gasteiger partial charge in [-0.25, -0.2) is 8.42 Å². The minimum atomic E-state index is -3.00. The van der Waals surface area contributed by atoms with E-state index in [4.69, 9.17) is 9.47 Å². The summed E-state index contributed by atoms with van der Waals surface area (Å²) in [4.78, 5) is 4.14. The predicted molar refractivity (Wildman–Crippen MR) is 104 cm³/mol. The van der Waals surface area contributed by atoms with Crippen LogP contribution in [0.2, 0.25) is 0 Å². The third-order valence-electron chi connectivity index (χ3n) is 4.19. The highest BCUT2D eigenvalue weighted by atomic mass is 32.2. The summed E-state index contributed by atoms with van der Waals surface area (Å²) in [6.45, 7) is 7.06. The number of fused-ring (bicyclic) bond motifs is 1. The van der Waals surface area contributed by atoms with Gasteiger partial charge in [0.1, 0.15) is 17.6 Å². The topological polar surface area (TPSA) is 89.0 Å². The molecule has 0 saturated carbocycles. The van der Waals surface area contributed by atoms with Gasteiger partial charge in [-0.15, -0.1) is 0 Å². The molecule has 0 saturated heterocycles. The number of nitrogens with zero attached hydrogens (tertiary/aromatic N) is 1. The molecule has 0 amide bonds. The van der Waals surface area contributed by atoms with Crippen molar-refractivity contribution in [3.63, 3.8) is 0 Å². The van der Waals surface area contributed by atoms with E-state index in [1.54, 1.807) is 14.0 Å². The lowest BCUT2D eigenvalue weighted by molar-refractivity contribution is 0.254. The fourth-order valence-corrected chi connectivity index (χ4v) is 3.48. The Morgan fingerprint density at radius 3 is 2.77 bits per heavy atom. The maximum Gasteiger partial charge on any atom is 0.191 e. The van der Waals surface area contributed by atoms with Crippen molar-refractivity contribution in [3.05, 3.63) is 23.3 Å². The molecular formula is C18H29N3O4S. The molecule has 1 atom stereocenters. The van der Waals surface area contributed by atoms with Gasteiger partial charge < -0.3 is 20.1 Å². The van der Waals surface area contributed by atoms with Crippen molar-refractivity contribution in [3.8, 4) is 11.5 Å². The van der Waals surface area contributed by atoms with E-state index in [9.17, 15) is 8.42 Å². The number of ether oxygens (including phenoxy) is 2. The number of sulfone groups is 1. The van der Waals surface area contributed by atoms with E-state index in [0.29, 0.717) is 25.7 Å². The smallest absolute Gasteiger partial charge is 0.191 e. The fourth-order valence-electron chi connectivity index (χ4n) is 2.78. The maximum absolute atomic E-state index is 11.6. The summed E-state index contributed by atoms with van der Waals surface area (Å²) in [6, 6.07) is 4.05. The van der Waals surface area contributed by atoms with Crippen LogP contribution in [-0.2, 0) is 22.8 Å². The van der Waals surface area contributed by atoms with Crippen molar-refractivity contribution < 1.29 is 17.9 Å². The van der Waals surface area contributed by atoms with Crippen molar-refractivity contribution in [2.24, 2.45) is 4.99 Å². The zero-order chi connectivity index (χ0) is 19.2. The molecule has 0 aliphatic carbocycles. The van der Waals surface area contributed by atoms with Gasteiger partial charge >= 0.3 is 0 Å². The average Bonchev–Trinajstić information content (AvgIpc) is 2.96. The Hall–Kier alpha value is -1.96. The lowest BCUT2D eigenvalue weighted by Crippen LogP contribution is -2.39. The monoisotopic (exact) mass is 383 g/mol. The number of nitrogens with one attached hydrogen (secondary N) is 2. The summed E-state index contributed by atoms with van der Waals surface area (Å²) in [6.07, 6.45) is 1.07. The van der Waals surface area contributed by atoms with Crippen LogP contribution in [0, 0.1) is 0 Å².